The summed E-state index contributed by atoms with van der Waals surface area (Å²) in [7, 11) is 0. The van der Waals surface area contributed by atoms with E-state index in [4.69, 9.17) is 10.7 Å². The van der Waals surface area contributed by atoms with Crippen molar-refractivity contribution in [1.29, 1.82) is 0 Å². The molecule has 138 valence electrons. The molecule has 3 rings (SSSR count). The molecule has 2 unspecified atom stereocenters. The van der Waals surface area contributed by atoms with Gasteiger partial charge in [-0.05, 0) is 20.3 Å². The highest BCUT2D eigenvalue weighted by atomic mass is 32.1. The van der Waals surface area contributed by atoms with E-state index in [0.29, 0.717) is 25.9 Å². The summed E-state index contributed by atoms with van der Waals surface area (Å²) in [6.45, 7) is 4.69. The molecule has 0 fully saturated rings. The van der Waals surface area contributed by atoms with Crippen LogP contribution in [0.4, 0.5) is 0 Å². The average molecular weight is 372 g/mol. The molecule has 0 saturated heterocycles. The third-order valence-corrected chi connectivity index (χ3v) is 5.47. The number of thiazole rings is 1. The molecule has 2 atom stereocenters. The Morgan fingerprint density at radius 1 is 1.31 bits per heavy atom. The van der Waals surface area contributed by atoms with Gasteiger partial charge in [0.15, 0.2) is 0 Å². The number of benzene rings is 1. The van der Waals surface area contributed by atoms with Gasteiger partial charge in [0.1, 0.15) is 5.01 Å². The van der Waals surface area contributed by atoms with Gasteiger partial charge in [0.05, 0.1) is 12.2 Å². The molecule has 26 heavy (non-hydrogen) atoms. The summed E-state index contributed by atoms with van der Waals surface area (Å²) in [6.07, 6.45) is 1.31. The molecule has 0 radical (unpaired) electrons. The lowest BCUT2D eigenvalue weighted by atomic mass is 10.1. The summed E-state index contributed by atoms with van der Waals surface area (Å²) in [6, 6.07) is 9.86. The molecule has 2 heterocycles. The fraction of sp³-hybridized carbons (Fsp3) is 0.421. The minimum Gasteiger partial charge on any atom is -0.345 e. The second kappa shape index (κ2) is 7.97. The minimum absolute atomic E-state index is 0.0217. The van der Waals surface area contributed by atoms with Crippen molar-refractivity contribution >= 4 is 23.2 Å². The van der Waals surface area contributed by atoms with Crippen molar-refractivity contribution in [2.75, 3.05) is 6.54 Å². The van der Waals surface area contributed by atoms with Crippen molar-refractivity contribution in [1.82, 2.24) is 15.2 Å². The van der Waals surface area contributed by atoms with Gasteiger partial charge in [-0.3, -0.25) is 9.59 Å². The number of nitrogens with two attached hydrogens (primary N) is 1. The van der Waals surface area contributed by atoms with Crippen molar-refractivity contribution in [3.05, 3.63) is 40.9 Å². The number of amides is 2. The Balaban J connectivity index is 1.65. The number of carbonyl (C=O) groups excluding carboxylic acids is 2. The normalized spacial score (nSPS) is 15.9. The van der Waals surface area contributed by atoms with E-state index in [2.05, 4.69) is 5.32 Å². The van der Waals surface area contributed by atoms with Crippen LogP contribution >= 0.6 is 11.3 Å². The second-order valence-electron chi connectivity index (χ2n) is 6.82. The summed E-state index contributed by atoms with van der Waals surface area (Å²) in [4.78, 5) is 32.1. The van der Waals surface area contributed by atoms with Gasteiger partial charge in [-0.25, -0.2) is 4.98 Å². The van der Waals surface area contributed by atoms with Gasteiger partial charge < -0.3 is 16.0 Å². The van der Waals surface area contributed by atoms with Gasteiger partial charge in [0.2, 0.25) is 0 Å². The van der Waals surface area contributed by atoms with Crippen LogP contribution in [0.3, 0.4) is 0 Å². The lowest BCUT2D eigenvalue weighted by molar-refractivity contribution is -0.146. The van der Waals surface area contributed by atoms with Crippen LogP contribution in [0.2, 0.25) is 0 Å². The first-order valence-corrected chi connectivity index (χ1v) is 9.65. The maximum absolute atomic E-state index is 12.5. The molecule has 7 heteroatoms. The van der Waals surface area contributed by atoms with Crippen LogP contribution in [0.1, 0.15) is 30.8 Å². The number of rotatable bonds is 4. The van der Waals surface area contributed by atoms with E-state index < -0.39 is 11.8 Å². The van der Waals surface area contributed by atoms with Gasteiger partial charge in [0.25, 0.3) is 0 Å². The molecule has 0 saturated carbocycles. The molecule has 2 amide bonds. The fourth-order valence-corrected chi connectivity index (χ4v) is 4.25. The van der Waals surface area contributed by atoms with E-state index in [1.54, 1.807) is 16.2 Å². The van der Waals surface area contributed by atoms with Crippen LogP contribution in [-0.4, -0.2) is 40.3 Å². The monoisotopic (exact) mass is 372 g/mol. The molecule has 0 aliphatic carbocycles. The summed E-state index contributed by atoms with van der Waals surface area (Å²) in [5.41, 5.74) is 7.85. The second-order valence-corrected chi connectivity index (χ2v) is 7.90. The lowest BCUT2D eigenvalue weighted by Crippen LogP contribution is -2.48. The van der Waals surface area contributed by atoms with Crippen LogP contribution in [0.25, 0.3) is 10.6 Å². The highest BCUT2D eigenvalue weighted by molar-refractivity contribution is 7.15. The molecule has 6 nitrogen and oxygen atoms in total. The fourth-order valence-electron chi connectivity index (χ4n) is 3.12. The van der Waals surface area contributed by atoms with Gasteiger partial charge >= 0.3 is 11.8 Å². The molecular weight excluding hydrogens is 348 g/mol. The topological polar surface area (TPSA) is 88.3 Å². The first-order valence-electron chi connectivity index (χ1n) is 8.83. The Morgan fingerprint density at radius 3 is 2.73 bits per heavy atom. The highest BCUT2D eigenvalue weighted by Crippen LogP contribution is 2.31. The number of hydrogen-bond acceptors (Lipinski definition) is 5. The van der Waals surface area contributed by atoms with Crippen LogP contribution in [0, 0.1) is 0 Å². The lowest BCUT2D eigenvalue weighted by Gasteiger charge is -2.26. The van der Waals surface area contributed by atoms with E-state index >= 15 is 0 Å². The van der Waals surface area contributed by atoms with Crippen LogP contribution in [0.15, 0.2) is 30.3 Å². The summed E-state index contributed by atoms with van der Waals surface area (Å²) >= 11 is 1.59. The smallest absolute Gasteiger partial charge is 0.312 e. The standard InChI is InChI=1S/C19H24N4O2S/c1-12(20)10-13(2)21-17(24)19(25)23-9-8-15-16(11-23)26-18(22-15)14-6-4-3-5-7-14/h3-7,12-13H,8-11,20H2,1-2H3,(H,21,24). The Kier molecular flexibility index (Phi) is 5.68. The molecule has 0 spiro atoms. The van der Waals surface area contributed by atoms with Crippen molar-refractivity contribution in [2.24, 2.45) is 5.73 Å². The maximum atomic E-state index is 12.5. The van der Waals surface area contributed by atoms with Crippen molar-refractivity contribution in [3.63, 3.8) is 0 Å². The first-order chi connectivity index (χ1) is 12.4. The van der Waals surface area contributed by atoms with Gasteiger partial charge in [0, 0.05) is 35.5 Å². The molecule has 0 bridgehead atoms. The molecule has 2 aromatic rings. The van der Waals surface area contributed by atoms with E-state index in [1.807, 2.05) is 44.2 Å². The Labute approximate surface area is 157 Å². The number of carbonyl (C=O) groups is 2. The molecule has 1 aliphatic rings. The Bertz CT molecular complexity index is 788. The van der Waals surface area contributed by atoms with E-state index in [1.165, 1.54) is 0 Å². The molecule has 1 aromatic carbocycles. The zero-order valence-electron chi connectivity index (χ0n) is 15.1. The van der Waals surface area contributed by atoms with E-state index in [9.17, 15) is 9.59 Å². The van der Waals surface area contributed by atoms with Crippen LogP contribution < -0.4 is 11.1 Å². The van der Waals surface area contributed by atoms with Crippen LogP contribution in [0.5, 0.6) is 0 Å². The SMILES string of the molecule is CC(N)CC(C)NC(=O)C(=O)N1CCc2nc(-c3ccccc3)sc2C1. The molecule has 1 aromatic heterocycles. The van der Waals surface area contributed by atoms with E-state index in [0.717, 1.165) is 21.1 Å². The predicted molar refractivity (Wildman–Crippen MR) is 103 cm³/mol. The maximum Gasteiger partial charge on any atom is 0.312 e. The number of fused-ring (bicyclic) bond motifs is 1. The third-order valence-electron chi connectivity index (χ3n) is 4.34. The highest BCUT2D eigenvalue weighted by Gasteiger charge is 2.28. The number of nitrogens with one attached hydrogen (secondary N) is 1. The molecule has 1 aliphatic heterocycles. The summed E-state index contributed by atoms with van der Waals surface area (Å²) < 4.78 is 0. The van der Waals surface area contributed by atoms with E-state index in [-0.39, 0.29) is 12.1 Å². The zero-order chi connectivity index (χ0) is 18.7. The minimum atomic E-state index is -0.561. The molecule has 3 N–H and O–H groups in total. The number of nitrogens with zero attached hydrogens (tertiary/aromatic N) is 2. The van der Waals surface area contributed by atoms with Gasteiger partial charge in [-0.2, -0.15) is 0 Å². The quantitative estimate of drug-likeness (QED) is 0.803. The molecular formula is C19H24N4O2S. The average Bonchev–Trinajstić information content (AvgIpc) is 3.04. The van der Waals surface area contributed by atoms with Crippen molar-refractivity contribution in [3.8, 4) is 10.6 Å². The van der Waals surface area contributed by atoms with Crippen molar-refractivity contribution in [2.45, 2.75) is 45.3 Å². The summed E-state index contributed by atoms with van der Waals surface area (Å²) in [5, 5.41) is 3.70. The Hall–Kier alpha value is -2.25. The summed E-state index contributed by atoms with van der Waals surface area (Å²) in [5.74, 6) is -1.05. The van der Waals surface area contributed by atoms with Gasteiger partial charge in [-0.1, -0.05) is 30.3 Å². The van der Waals surface area contributed by atoms with Crippen LogP contribution in [-0.2, 0) is 22.6 Å². The number of aromatic nitrogens is 1. The largest absolute Gasteiger partial charge is 0.345 e. The predicted octanol–water partition coefficient (Wildman–Crippen LogP) is 1.94. The van der Waals surface area contributed by atoms with Crippen molar-refractivity contribution < 1.29 is 9.59 Å². The third kappa shape index (κ3) is 4.28. The van der Waals surface area contributed by atoms with Gasteiger partial charge in [-0.15, -0.1) is 11.3 Å². The first kappa shape index (κ1) is 18.5. The number of hydrogen-bond donors (Lipinski definition) is 2. The zero-order valence-corrected chi connectivity index (χ0v) is 15.9. The Morgan fingerprint density at radius 2 is 2.04 bits per heavy atom.